The number of esters is 1. The first-order chi connectivity index (χ1) is 11.4. The number of pyridine rings is 1. The molecule has 2 heterocycles. The van der Waals surface area contributed by atoms with E-state index in [1.54, 1.807) is 12.1 Å². The number of aromatic nitrogens is 2. The molecule has 24 heavy (non-hydrogen) atoms. The number of hydrogen-bond donors (Lipinski definition) is 1. The van der Waals surface area contributed by atoms with Gasteiger partial charge in [0, 0.05) is 18.0 Å². The fourth-order valence-electron chi connectivity index (χ4n) is 2.14. The molecule has 3 rings (SSSR count). The highest BCUT2D eigenvalue weighted by atomic mass is 35.5. The maximum atomic E-state index is 13.0. The van der Waals surface area contributed by atoms with Gasteiger partial charge in [-0.3, -0.25) is 9.20 Å². The van der Waals surface area contributed by atoms with Crippen LogP contribution in [0.5, 0.6) is 0 Å². The molecule has 0 fully saturated rings. The molecule has 6 nitrogen and oxygen atoms in total. The number of rotatable bonds is 3. The lowest BCUT2D eigenvalue weighted by Crippen LogP contribution is -2.17. The predicted octanol–water partition coefficient (Wildman–Crippen LogP) is 2.43. The number of anilines is 1. The third-order valence-electron chi connectivity index (χ3n) is 3.26. The summed E-state index contributed by atoms with van der Waals surface area (Å²) >= 11 is 5.83. The van der Waals surface area contributed by atoms with Gasteiger partial charge in [0.2, 0.25) is 0 Å². The summed E-state index contributed by atoms with van der Waals surface area (Å²) < 4.78 is 19.4. The van der Waals surface area contributed by atoms with Gasteiger partial charge in [0.05, 0.1) is 16.3 Å². The minimum absolute atomic E-state index is 0.0267. The zero-order valence-corrected chi connectivity index (χ0v) is 13.0. The van der Waals surface area contributed by atoms with Crippen molar-refractivity contribution in [2.75, 3.05) is 5.73 Å². The van der Waals surface area contributed by atoms with E-state index in [9.17, 15) is 14.0 Å². The Bertz CT molecular complexity index is 1000. The second kappa shape index (κ2) is 6.29. The van der Waals surface area contributed by atoms with Crippen LogP contribution >= 0.6 is 11.6 Å². The lowest BCUT2D eigenvalue weighted by Gasteiger charge is -2.08. The zero-order valence-electron chi connectivity index (χ0n) is 12.2. The summed E-state index contributed by atoms with van der Waals surface area (Å²) in [7, 11) is 0. The van der Waals surface area contributed by atoms with Crippen molar-refractivity contribution in [1.29, 1.82) is 0 Å². The van der Waals surface area contributed by atoms with Crippen LogP contribution in [0.4, 0.5) is 10.1 Å². The molecule has 0 saturated heterocycles. The summed E-state index contributed by atoms with van der Waals surface area (Å²) in [5.74, 6) is -1.28. The van der Waals surface area contributed by atoms with Crippen molar-refractivity contribution in [2.24, 2.45) is 0 Å². The van der Waals surface area contributed by atoms with Crippen molar-refractivity contribution in [3.05, 3.63) is 75.0 Å². The summed E-state index contributed by atoms with van der Waals surface area (Å²) in [6, 6.07) is 7.78. The molecule has 122 valence electrons. The topological polar surface area (TPSA) is 86.7 Å². The Morgan fingerprint density at radius 1 is 1.29 bits per heavy atom. The quantitative estimate of drug-likeness (QED) is 0.581. The van der Waals surface area contributed by atoms with Crippen LogP contribution in [0.1, 0.15) is 16.1 Å². The second-order valence-electron chi connectivity index (χ2n) is 4.97. The molecule has 3 aromatic rings. The van der Waals surface area contributed by atoms with Crippen LogP contribution in [0, 0.1) is 5.82 Å². The summed E-state index contributed by atoms with van der Waals surface area (Å²) in [4.78, 5) is 28.2. The number of fused-ring (bicyclic) bond motifs is 1. The van der Waals surface area contributed by atoms with Gasteiger partial charge in [-0.2, -0.15) is 0 Å². The van der Waals surface area contributed by atoms with E-state index in [0.717, 1.165) is 12.1 Å². The average molecular weight is 348 g/mol. The minimum Gasteiger partial charge on any atom is -0.456 e. The summed E-state index contributed by atoms with van der Waals surface area (Å²) in [5.41, 5.74) is 5.89. The minimum atomic E-state index is -0.731. The third-order valence-corrected chi connectivity index (χ3v) is 3.48. The summed E-state index contributed by atoms with van der Waals surface area (Å²) in [5, 5.41) is 0.400. The predicted molar refractivity (Wildman–Crippen MR) is 86.4 cm³/mol. The number of nitrogens with zero attached hydrogens (tertiary/aromatic N) is 2. The van der Waals surface area contributed by atoms with Crippen molar-refractivity contribution in [3.8, 4) is 0 Å². The monoisotopic (exact) mass is 347 g/mol. The number of benzene rings is 1. The van der Waals surface area contributed by atoms with Gasteiger partial charge in [-0.15, -0.1) is 0 Å². The van der Waals surface area contributed by atoms with Gasteiger partial charge in [0.1, 0.15) is 18.1 Å². The van der Waals surface area contributed by atoms with Crippen molar-refractivity contribution in [3.63, 3.8) is 0 Å². The normalized spacial score (nSPS) is 10.8. The SMILES string of the molecule is Nc1cc(F)ccc1C(=O)OCc1cc(=O)n2cc(Cl)ccc2n1. The maximum Gasteiger partial charge on any atom is 0.340 e. The zero-order chi connectivity index (χ0) is 17.3. The largest absolute Gasteiger partial charge is 0.456 e. The average Bonchev–Trinajstić information content (AvgIpc) is 2.53. The van der Waals surface area contributed by atoms with Crippen LogP contribution in [-0.2, 0) is 11.3 Å². The Labute approximate surface area is 140 Å². The van der Waals surface area contributed by atoms with Gasteiger partial charge in [0.25, 0.3) is 5.56 Å². The first-order valence-corrected chi connectivity index (χ1v) is 7.22. The fraction of sp³-hybridized carbons (Fsp3) is 0.0625. The van der Waals surface area contributed by atoms with Crippen molar-refractivity contribution in [2.45, 2.75) is 6.61 Å². The van der Waals surface area contributed by atoms with Crippen LogP contribution in [0.2, 0.25) is 5.02 Å². The Morgan fingerprint density at radius 2 is 2.08 bits per heavy atom. The standard InChI is InChI=1S/C16H11ClFN3O3/c17-9-1-4-14-20-11(6-15(22)21(14)7-9)8-24-16(23)12-3-2-10(18)5-13(12)19/h1-7H,8,19H2. The molecule has 0 saturated carbocycles. The smallest absolute Gasteiger partial charge is 0.340 e. The molecule has 0 spiro atoms. The lowest BCUT2D eigenvalue weighted by molar-refractivity contribution is 0.0469. The number of halogens is 2. The van der Waals surface area contributed by atoms with Crippen LogP contribution in [0.3, 0.4) is 0 Å². The van der Waals surface area contributed by atoms with E-state index in [1.165, 1.54) is 22.7 Å². The van der Waals surface area contributed by atoms with Crippen molar-refractivity contribution in [1.82, 2.24) is 9.38 Å². The molecule has 1 aromatic carbocycles. The lowest BCUT2D eigenvalue weighted by atomic mass is 10.2. The molecule has 0 amide bonds. The third kappa shape index (κ3) is 3.21. The second-order valence-corrected chi connectivity index (χ2v) is 5.41. The molecule has 0 aliphatic heterocycles. The van der Waals surface area contributed by atoms with E-state index < -0.39 is 11.8 Å². The number of nitrogens with two attached hydrogens (primary N) is 1. The van der Waals surface area contributed by atoms with Gasteiger partial charge in [-0.25, -0.2) is 14.2 Å². The molecule has 2 aromatic heterocycles. The summed E-state index contributed by atoms with van der Waals surface area (Å²) in [6.45, 7) is -0.218. The van der Waals surface area contributed by atoms with Crippen LogP contribution in [0.15, 0.2) is 47.4 Å². The van der Waals surface area contributed by atoms with Crippen LogP contribution in [0.25, 0.3) is 5.65 Å². The molecule has 0 unspecified atom stereocenters. The van der Waals surface area contributed by atoms with E-state index in [2.05, 4.69) is 4.98 Å². The molecule has 0 radical (unpaired) electrons. The highest BCUT2D eigenvalue weighted by Gasteiger charge is 2.13. The van der Waals surface area contributed by atoms with E-state index >= 15 is 0 Å². The van der Waals surface area contributed by atoms with Crippen molar-refractivity contribution < 1.29 is 13.9 Å². The number of hydrogen-bond acceptors (Lipinski definition) is 5. The maximum absolute atomic E-state index is 13.0. The fourth-order valence-corrected chi connectivity index (χ4v) is 2.30. The van der Waals surface area contributed by atoms with E-state index in [4.69, 9.17) is 22.1 Å². The Hall–Kier alpha value is -2.93. The molecule has 0 aliphatic carbocycles. The molecular formula is C16H11ClFN3O3. The van der Waals surface area contributed by atoms with Gasteiger partial charge >= 0.3 is 5.97 Å². The highest BCUT2D eigenvalue weighted by Crippen LogP contribution is 2.15. The number of nitrogen functional groups attached to an aromatic ring is 1. The number of carbonyl (C=O) groups is 1. The molecule has 8 heteroatoms. The van der Waals surface area contributed by atoms with Gasteiger partial charge in [-0.1, -0.05) is 11.6 Å². The molecular weight excluding hydrogens is 337 g/mol. The van der Waals surface area contributed by atoms with E-state index in [1.807, 2.05) is 0 Å². The summed E-state index contributed by atoms with van der Waals surface area (Å²) in [6.07, 6.45) is 1.45. The Morgan fingerprint density at radius 3 is 2.83 bits per heavy atom. The van der Waals surface area contributed by atoms with Gasteiger partial charge in [0.15, 0.2) is 0 Å². The Balaban J connectivity index is 1.81. The first-order valence-electron chi connectivity index (χ1n) is 6.84. The van der Waals surface area contributed by atoms with Crippen molar-refractivity contribution >= 4 is 28.9 Å². The Kier molecular flexibility index (Phi) is 4.18. The molecule has 0 bridgehead atoms. The van der Waals surface area contributed by atoms with E-state index in [0.29, 0.717) is 10.7 Å². The molecule has 0 aliphatic rings. The highest BCUT2D eigenvalue weighted by molar-refractivity contribution is 6.30. The van der Waals surface area contributed by atoms with Gasteiger partial charge < -0.3 is 10.5 Å². The first kappa shape index (κ1) is 15.9. The van der Waals surface area contributed by atoms with Gasteiger partial charge in [-0.05, 0) is 30.3 Å². The van der Waals surface area contributed by atoms with Crippen LogP contribution in [-0.4, -0.2) is 15.4 Å². The van der Waals surface area contributed by atoms with Crippen LogP contribution < -0.4 is 11.3 Å². The molecule has 2 N–H and O–H groups in total. The molecule has 0 atom stereocenters. The van der Waals surface area contributed by atoms with E-state index in [-0.39, 0.29) is 29.1 Å². The number of ether oxygens (including phenoxy) is 1. The number of carbonyl (C=O) groups excluding carboxylic acids is 1.